The van der Waals surface area contributed by atoms with Crippen LogP contribution in [-0.2, 0) is 23.1 Å². The van der Waals surface area contributed by atoms with E-state index in [9.17, 15) is 12.8 Å². The highest BCUT2D eigenvalue weighted by molar-refractivity contribution is 7.88. The Bertz CT molecular complexity index is 806. The van der Waals surface area contributed by atoms with Crippen molar-refractivity contribution in [2.45, 2.75) is 25.6 Å². The van der Waals surface area contributed by atoms with Gasteiger partial charge in [0.2, 0.25) is 10.0 Å². The third kappa shape index (κ3) is 4.19. The van der Waals surface area contributed by atoms with Crippen molar-refractivity contribution >= 4 is 10.0 Å². The van der Waals surface area contributed by atoms with Crippen molar-refractivity contribution in [2.24, 2.45) is 0 Å². The highest BCUT2D eigenvalue weighted by Crippen LogP contribution is 2.24. The molecule has 2 aromatic rings. The van der Waals surface area contributed by atoms with Gasteiger partial charge in [-0.05, 0) is 18.6 Å². The van der Waals surface area contributed by atoms with Crippen LogP contribution in [-0.4, -0.2) is 42.4 Å². The van der Waals surface area contributed by atoms with E-state index in [0.29, 0.717) is 38.2 Å². The van der Waals surface area contributed by atoms with Gasteiger partial charge in [0.15, 0.2) is 0 Å². The fourth-order valence-corrected chi connectivity index (χ4v) is 3.57. The topological polar surface area (TPSA) is 67.2 Å². The molecule has 2 heterocycles. The molecule has 0 amide bonds. The summed E-state index contributed by atoms with van der Waals surface area (Å²) in [5, 5.41) is 4.35. The number of hydrogen-bond donors (Lipinski definition) is 1. The zero-order valence-corrected chi connectivity index (χ0v) is 14.3. The molecule has 24 heavy (non-hydrogen) atoms. The quantitative estimate of drug-likeness (QED) is 0.856. The van der Waals surface area contributed by atoms with Crippen molar-refractivity contribution < 1.29 is 12.8 Å². The van der Waals surface area contributed by atoms with E-state index in [1.54, 1.807) is 18.3 Å². The number of benzene rings is 1. The number of aromatic nitrogens is 2. The lowest BCUT2D eigenvalue weighted by molar-refractivity contribution is 0.160. The number of hydrogen-bond acceptors (Lipinski definition) is 4. The third-order valence-electron chi connectivity index (χ3n) is 4.15. The number of nitrogens with zero attached hydrogens (tertiary/aromatic N) is 3. The van der Waals surface area contributed by atoms with Crippen LogP contribution in [0.15, 0.2) is 36.5 Å². The smallest absolute Gasteiger partial charge is 0.208 e. The first-order chi connectivity index (χ1) is 11.4. The molecule has 1 aromatic carbocycles. The van der Waals surface area contributed by atoms with E-state index >= 15 is 0 Å². The number of halogens is 1. The molecule has 0 bridgehead atoms. The highest BCUT2D eigenvalue weighted by atomic mass is 32.2. The molecule has 0 spiro atoms. The molecule has 1 aliphatic heterocycles. The Hall–Kier alpha value is -1.77. The maximum absolute atomic E-state index is 13.9. The van der Waals surface area contributed by atoms with Crippen molar-refractivity contribution in [1.82, 2.24) is 19.4 Å². The predicted octanol–water partition coefficient (Wildman–Crippen LogP) is 1.52. The van der Waals surface area contributed by atoms with Crippen LogP contribution in [0.5, 0.6) is 0 Å². The summed E-state index contributed by atoms with van der Waals surface area (Å²) >= 11 is 0. The van der Waals surface area contributed by atoms with Crippen molar-refractivity contribution in [3.63, 3.8) is 0 Å². The van der Waals surface area contributed by atoms with Crippen LogP contribution in [0, 0.1) is 5.82 Å². The van der Waals surface area contributed by atoms with Crippen molar-refractivity contribution in [3.8, 4) is 0 Å². The first kappa shape index (κ1) is 17.1. The molecule has 1 N–H and O–H groups in total. The van der Waals surface area contributed by atoms with Gasteiger partial charge in [-0.1, -0.05) is 18.2 Å². The number of sulfonamides is 1. The van der Waals surface area contributed by atoms with Crippen LogP contribution in [0.3, 0.4) is 0 Å². The highest BCUT2D eigenvalue weighted by Gasteiger charge is 2.26. The van der Waals surface area contributed by atoms with E-state index in [0.717, 1.165) is 11.9 Å². The van der Waals surface area contributed by atoms with Gasteiger partial charge in [0.05, 0.1) is 18.0 Å². The molecule has 0 radical (unpaired) electrons. The number of fused-ring (bicyclic) bond motifs is 1. The molecule has 1 atom stereocenters. The van der Waals surface area contributed by atoms with Gasteiger partial charge in [-0.15, -0.1) is 0 Å². The van der Waals surface area contributed by atoms with Gasteiger partial charge in [0.25, 0.3) is 0 Å². The fourth-order valence-electron chi connectivity index (χ4n) is 3.08. The standard InChI is InChI=1S/C16H21FN4O2S/c1-24(22,23)19-9-7-15-12-20(11-14-6-8-18-21(14)15)10-13-4-2-3-5-16(13)17/h2-6,8,15,19H,7,9-12H2,1H3/t15-/m0/s1. The summed E-state index contributed by atoms with van der Waals surface area (Å²) in [6, 6.07) is 8.79. The van der Waals surface area contributed by atoms with Crippen molar-refractivity contribution in [3.05, 3.63) is 53.6 Å². The second-order valence-corrected chi connectivity index (χ2v) is 7.97. The van der Waals surface area contributed by atoms with Gasteiger partial charge >= 0.3 is 0 Å². The normalized spacial score (nSPS) is 18.5. The molecule has 130 valence electrons. The largest absolute Gasteiger partial charge is 0.291 e. The lowest BCUT2D eigenvalue weighted by Gasteiger charge is -2.34. The van der Waals surface area contributed by atoms with Crippen LogP contribution in [0.25, 0.3) is 0 Å². The summed E-state index contributed by atoms with van der Waals surface area (Å²) in [5.41, 5.74) is 1.72. The zero-order chi connectivity index (χ0) is 17.2. The molecule has 0 unspecified atom stereocenters. The lowest BCUT2D eigenvalue weighted by Crippen LogP contribution is -2.39. The molecule has 0 saturated heterocycles. The molecule has 0 fully saturated rings. The summed E-state index contributed by atoms with van der Waals surface area (Å²) in [6.45, 7) is 2.28. The summed E-state index contributed by atoms with van der Waals surface area (Å²) in [5.74, 6) is -0.202. The lowest BCUT2D eigenvalue weighted by atomic mass is 10.1. The van der Waals surface area contributed by atoms with E-state index in [4.69, 9.17) is 0 Å². The van der Waals surface area contributed by atoms with Gasteiger partial charge in [0.1, 0.15) is 5.82 Å². The van der Waals surface area contributed by atoms with E-state index in [2.05, 4.69) is 14.7 Å². The van der Waals surface area contributed by atoms with Gasteiger partial charge in [0, 0.05) is 37.9 Å². The zero-order valence-electron chi connectivity index (χ0n) is 13.5. The van der Waals surface area contributed by atoms with Gasteiger partial charge in [-0.3, -0.25) is 9.58 Å². The Morgan fingerprint density at radius 1 is 1.33 bits per heavy atom. The minimum Gasteiger partial charge on any atom is -0.291 e. The maximum atomic E-state index is 13.9. The molecular weight excluding hydrogens is 331 g/mol. The summed E-state index contributed by atoms with van der Waals surface area (Å²) in [7, 11) is -3.20. The molecule has 1 aromatic heterocycles. The van der Waals surface area contributed by atoms with E-state index < -0.39 is 10.0 Å². The summed E-state index contributed by atoms with van der Waals surface area (Å²) in [6.07, 6.45) is 3.53. The molecule has 0 aliphatic carbocycles. The van der Waals surface area contributed by atoms with Gasteiger partial charge in [-0.2, -0.15) is 5.10 Å². The SMILES string of the molecule is CS(=O)(=O)NCC[C@H]1CN(Cc2ccccc2F)Cc2ccnn21. The third-order valence-corrected chi connectivity index (χ3v) is 4.87. The van der Waals surface area contributed by atoms with Crippen molar-refractivity contribution in [1.29, 1.82) is 0 Å². The monoisotopic (exact) mass is 352 g/mol. The molecule has 1 aliphatic rings. The van der Waals surface area contributed by atoms with Crippen LogP contribution in [0.1, 0.15) is 23.7 Å². The molecular formula is C16H21FN4O2S. The van der Waals surface area contributed by atoms with E-state index in [1.165, 1.54) is 6.07 Å². The van der Waals surface area contributed by atoms with Gasteiger partial charge < -0.3 is 0 Å². The fraction of sp³-hybridized carbons (Fsp3) is 0.438. The predicted molar refractivity (Wildman–Crippen MR) is 89.2 cm³/mol. The number of rotatable bonds is 6. The minimum atomic E-state index is -3.20. The van der Waals surface area contributed by atoms with Crippen LogP contribution in [0.2, 0.25) is 0 Å². The maximum Gasteiger partial charge on any atom is 0.208 e. The van der Waals surface area contributed by atoms with E-state index in [-0.39, 0.29) is 11.9 Å². The molecule has 6 nitrogen and oxygen atoms in total. The second kappa shape index (κ2) is 7.00. The minimum absolute atomic E-state index is 0.0600. The van der Waals surface area contributed by atoms with Crippen LogP contribution in [0.4, 0.5) is 4.39 Å². The number of nitrogens with one attached hydrogen (secondary N) is 1. The Balaban J connectivity index is 1.70. The molecule has 8 heteroatoms. The van der Waals surface area contributed by atoms with Gasteiger partial charge in [-0.25, -0.2) is 17.5 Å². The second-order valence-electron chi connectivity index (χ2n) is 6.14. The average Bonchev–Trinajstić information content (AvgIpc) is 2.97. The Morgan fingerprint density at radius 3 is 2.88 bits per heavy atom. The van der Waals surface area contributed by atoms with Crippen LogP contribution < -0.4 is 4.72 Å². The molecule has 0 saturated carbocycles. The summed E-state index contributed by atoms with van der Waals surface area (Å²) < 4.78 is 40.8. The summed E-state index contributed by atoms with van der Waals surface area (Å²) in [4.78, 5) is 2.17. The van der Waals surface area contributed by atoms with Crippen LogP contribution >= 0.6 is 0 Å². The Morgan fingerprint density at radius 2 is 2.12 bits per heavy atom. The first-order valence-electron chi connectivity index (χ1n) is 7.85. The Labute approximate surface area is 141 Å². The van der Waals surface area contributed by atoms with Crippen molar-refractivity contribution in [2.75, 3.05) is 19.3 Å². The average molecular weight is 352 g/mol. The Kier molecular flexibility index (Phi) is 4.98. The molecule has 3 rings (SSSR count). The first-order valence-corrected chi connectivity index (χ1v) is 9.74. The van der Waals surface area contributed by atoms with E-state index in [1.807, 2.05) is 16.8 Å².